The van der Waals surface area contributed by atoms with Crippen LogP contribution in [0.5, 0.6) is 0 Å². The van der Waals surface area contributed by atoms with Crippen molar-refractivity contribution in [3.8, 4) is 0 Å². The molecule has 184 valence electrons. The molecule has 1 fully saturated rings. The minimum absolute atomic E-state index is 0.113. The molecule has 1 N–H and O–H groups in total. The summed E-state index contributed by atoms with van der Waals surface area (Å²) < 4.78 is 0. The highest BCUT2D eigenvalue weighted by atomic mass is 35.5. The lowest BCUT2D eigenvalue weighted by Crippen LogP contribution is -2.49. The average molecular weight is 491 g/mol. The Balaban J connectivity index is 1.60. The van der Waals surface area contributed by atoms with Crippen LogP contribution in [-0.4, -0.2) is 54.0 Å². The molecule has 0 saturated carbocycles. The average Bonchev–Trinajstić information content (AvgIpc) is 2.91. The van der Waals surface area contributed by atoms with Crippen LogP contribution in [0.15, 0.2) is 84.9 Å². The molecule has 4 nitrogen and oxygen atoms in total. The number of likely N-dealkylation sites (tertiary alicyclic amines) is 1. The van der Waals surface area contributed by atoms with E-state index in [1.807, 2.05) is 79.5 Å². The van der Waals surface area contributed by atoms with E-state index in [1.165, 1.54) is 0 Å². The standard InChI is InChI=1S/C30H35ClN2O2/c1-3-32(2)28(34)30(24-12-6-4-7-13-24,25-14-8-5-9-15-25)20-23-33-21-18-29(35,19-22-33)26-16-10-11-17-27(26)31/h4-17,35H,3,18-23H2,1-2H3. The van der Waals surface area contributed by atoms with E-state index in [4.69, 9.17) is 11.6 Å². The summed E-state index contributed by atoms with van der Waals surface area (Å²) in [5, 5.41) is 12.0. The van der Waals surface area contributed by atoms with Crippen LogP contribution in [-0.2, 0) is 15.8 Å². The highest BCUT2D eigenvalue weighted by Gasteiger charge is 2.44. The number of aliphatic hydroxyl groups is 1. The minimum Gasteiger partial charge on any atom is -0.385 e. The first kappa shape index (κ1) is 25.4. The first-order valence-electron chi connectivity index (χ1n) is 12.5. The summed E-state index contributed by atoms with van der Waals surface area (Å²) in [7, 11) is 1.88. The number of hydrogen-bond acceptors (Lipinski definition) is 3. The van der Waals surface area contributed by atoms with Crippen LogP contribution < -0.4 is 0 Å². The predicted octanol–water partition coefficient (Wildman–Crippen LogP) is 5.48. The van der Waals surface area contributed by atoms with Crippen LogP contribution in [0.1, 0.15) is 42.9 Å². The molecular formula is C30H35ClN2O2. The van der Waals surface area contributed by atoms with Crippen molar-refractivity contribution in [2.45, 2.75) is 37.2 Å². The summed E-state index contributed by atoms with van der Waals surface area (Å²) in [6.07, 6.45) is 1.89. The van der Waals surface area contributed by atoms with Gasteiger partial charge in [-0.1, -0.05) is 90.5 Å². The second kappa shape index (κ2) is 10.9. The van der Waals surface area contributed by atoms with Crippen LogP contribution >= 0.6 is 11.6 Å². The maximum absolute atomic E-state index is 14.0. The lowest BCUT2D eigenvalue weighted by Gasteiger charge is -2.42. The van der Waals surface area contributed by atoms with Gasteiger partial charge < -0.3 is 14.9 Å². The third-order valence-electron chi connectivity index (χ3n) is 7.58. The van der Waals surface area contributed by atoms with E-state index in [9.17, 15) is 9.90 Å². The van der Waals surface area contributed by atoms with Gasteiger partial charge in [0.2, 0.25) is 5.91 Å². The lowest BCUT2D eigenvalue weighted by molar-refractivity contribution is -0.135. The van der Waals surface area contributed by atoms with Crippen molar-refractivity contribution in [1.29, 1.82) is 0 Å². The van der Waals surface area contributed by atoms with Gasteiger partial charge in [-0.2, -0.15) is 0 Å². The Labute approximate surface area is 214 Å². The molecule has 35 heavy (non-hydrogen) atoms. The molecule has 0 aromatic heterocycles. The highest BCUT2D eigenvalue weighted by Crippen LogP contribution is 2.40. The molecular weight excluding hydrogens is 456 g/mol. The Morgan fingerprint density at radius 1 is 0.943 bits per heavy atom. The molecule has 1 heterocycles. The fourth-order valence-corrected chi connectivity index (χ4v) is 5.62. The van der Waals surface area contributed by atoms with Crippen molar-refractivity contribution in [2.24, 2.45) is 0 Å². The molecule has 1 aliphatic heterocycles. The summed E-state index contributed by atoms with van der Waals surface area (Å²) in [5.74, 6) is 0.113. The van der Waals surface area contributed by atoms with E-state index in [0.29, 0.717) is 30.8 Å². The van der Waals surface area contributed by atoms with Gasteiger partial charge in [-0.3, -0.25) is 4.79 Å². The van der Waals surface area contributed by atoms with Crippen molar-refractivity contribution < 1.29 is 9.90 Å². The van der Waals surface area contributed by atoms with Gasteiger partial charge in [0.25, 0.3) is 0 Å². The van der Waals surface area contributed by atoms with Crippen LogP contribution in [0.25, 0.3) is 0 Å². The number of piperidine rings is 1. The summed E-state index contributed by atoms with van der Waals surface area (Å²) in [6, 6.07) is 27.9. The maximum atomic E-state index is 14.0. The fourth-order valence-electron chi connectivity index (χ4n) is 5.30. The maximum Gasteiger partial charge on any atom is 0.237 e. The van der Waals surface area contributed by atoms with Gasteiger partial charge in [0.1, 0.15) is 5.41 Å². The highest BCUT2D eigenvalue weighted by molar-refractivity contribution is 6.31. The third kappa shape index (κ3) is 5.16. The molecule has 0 bridgehead atoms. The van der Waals surface area contributed by atoms with E-state index >= 15 is 0 Å². The molecule has 1 amide bonds. The zero-order chi connectivity index (χ0) is 24.9. The van der Waals surface area contributed by atoms with Crippen molar-refractivity contribution >= 4 is 17.5 Å². The van der Waals surface area contributed by atoms with Gasteiger partial charge in [0.15, 0.2) is 0 Å². The van der Waals surface area contributed by atoms with E-state index in [1.54, 1.807) is 0 Å². The first-order chi connectivity index (χ1) is 16.9. The molecule has 1 aliphatic rings. The summed E-state index contributed by atoms with van der Waals surface area (Å²) in [4.78, 5) is 18.2. The van der Waals surface area contributed by atoms with E-state index in [0.717, 1.165) is 36.3 Å². The Bertz CT molecular complexity index is 1070. The quantitative estimate of drug-likeness (QED) is 0.455. The summed E-state index contributed by atoms with van der Waals surface area (Å²) >= 11 is 6.40. The van der Waals surface area contributed by atoms with Gasteiger partial charge in [-0.25, -0.2) is 0 Å². The molecule has 0 spiro atoms. The lowest BCUT2D eigenvalue weighted by atomic mass is 9.70. The molecule has 4 rings (SSSR count). The Morgan fingerprint density at radius 2 is 1.46 bits per heavy atom. The Morgan fingerprint density at radius 3 is 1.97 bits per heavy atom. The van der Waals surface area contributed by atoms with Gasteiger partial charge >= 0.3 is 0 Å². The van der Waals surface area contributed by atoms with Gasteiger partial charge in [-0.05, 0) is 49.9 Å². The van der Waals surface area contributed by atoms with E-state index in [-0.39, 0.29) is 5.91 Å². The number of carbonyl (C=O) groups is 1. The summed E-state index contributed by atoms with van der Waals surface area (Å²) in [6.45, 7) is 4.91. The SMILES string of the molecule is CCN(C)C(=O)C(CCN1CCC(O)(c2ccccc2Cl)CC1)(c1ccccc1)c1ccccc1. The normalized spacial score (nSPS) is 16.1. The van der Waals surface area contributed by atoms with Gasteiger partial charge in [0, 0.05) is 37.3 Å². The van der Waals surface area contributed by atoms with Crippen LogP contribution in [0.3, 0.4) is 0 Å². The van der Waals surface area contributed by atoms with Crippen molar-refractivity contribution in [1.82, 2.24) is 9.80 Å². The topological polar surface area (TPSA) is 43.8 Å². The number of carbonyl (C=O) groups excluding carboxylic acids is 1. The number of hydrogen-bond donors (Lipinski definition) is 1. The first-order valence-corrected chi connectivity index (χ1v) is 12.8. The number of likely N-dealkylation sites (N-methyl/N-ethyl adjacent to an activating group) is 1. The zero-order valence-corrected chi connectivity index (χ0v) is 21.4. The van der Waals surface area contributed by atoms with Crippen molar-refractivity contribution in [3.63, 3.8) is 0 Å². The monoisotopic (exact) mass is 490 g/mol. The smallest absolute Gasteiger partial charge is 0.237 e. The van der Waals surface area contributed by atoms with Crippen LogP contribution in [0, 0.1) is 0 Å². The zero-order valence-electron chi connectivity index (χ0n) is 20.7. The van der Waals surface area contributed by atoms with Crippen LogP contribution in [0.2, 0.25) is 5.02 Å². The number of halogens is 1. The van der Waals surface area contributed by atoms with Crippen LogP contribution in [0.4, 0.5) is 0 Å². The molecule has 1 saturated heterocycles. The number of amides is 1. The molecule has 0 radical (unpaired) electrons. The number of benzene rings is 3. The second-order valence-corrected chi connectivity index (χ2v) is 9.97. The van der Waals surface area contributed by atoms with Gasteiger partial charge in [-0.15, -0.1) is 0 Å². The van der Waals surface area contributed by atoms with Crippen molar-refractivity contribution in [3.05, 3.63) is 107 Å². The minimum atomic E-state index is -0.914. The molecule has 0 unspecified atom stereocenters. The molecule has 3 aromatic rings. The Kier molecular flexibility index (Phi) is 7.95. The third-order valence-corrected chi connectivity index (χ3v) is 7.91. The molecule has 5 heteroatoms. The largest absolute Gasteiger partial charge is 0.385 e. The van der Waals surface area contributed by atoms with Crippen molar-refractivity contribution in [2.75, 3.05) is 33.2 Å². The molecule has 3 aromatic carbocycles. The Hall–Kier alpha value is -2.66. The second-order valence-electron chi connectivity index (χ2n) is 9.56. The number of rotatable bonds is 8. The molecule has 0 atom stereocenters. The van der Waals surface area contributed by atoms with Gasteiger partial charge in [0.05, 0.1) is 5.60 Å². The molecule has 0 aliphatic carbocycles. The predicted molar refractivity (Wildman–Crippen MR) is 143 cm³/mol. The fraction of sp³-hybridized carbons (Fsp3) is 0.367. The number of nitrogens with zero attached hydrogens (tertiary/aromatic N) is 2. The van der Waals surface area contributed by atoms with E-state index in [2.05, 4.69) is 29.2 Å². The summed E-state index contributed by atoms with van der Waals surface area (Å²) in [5.41, 5.74) is 1.15. The van der Waals surface area contributed by atoms with E-state index < -0.39 is 11.0 Å².